The molecule has 4 rings (SSSR count). The fraction of sp³-hybridized carbons (Fsp3) is 0.545. The van der Waals surface area contributed by atoms with Crippen LogP contribution in [0, 0.1) is 5.92 Å². The van der Waals surface area contributed by atoms with E-state index in [0.717, 1.165) is 43.6 Å². The standard InChI is InChI=1S/C22H31N5/c1-18-11-16-26(17-12-18)20-8-6-19(7-9-20)24-22-23-13-10-21(25-22)27-14-4-2-3-5-15-27/h6-10,13,18H,2-5,11-12,14-17H2,1H3,(H,23,24,25). The summed E-state index contributed by atoms with van der Waals surface area (Å²) in [6.07, 6.45) is 9.60. The van der Waals surface area contributed by atoms with Crippen molar-refractivity contribution in [3.8, 4) is 0 Å². The predicted molar refractivity (Wildman–Crippen MR) is 113 cm³/mol. The molecule has 0 unspecified atom stereocenters. The van der Waals surface area contributed by atoms with Crippen LogP contribution < -0.4 is 15.1 Å². The van der Waals surface area contributed by atoms with Crippen molar-refractivity contribution in [3.05, 3.63) is 36.5 Å². The molecule has 5 nitrogen and oxygen atoms in total. The minimum atomic E-state index is 0.677. The van der Waals surface area contributed by atoms with Crippen LogP contribution in [0.5, 0.6) is 0 Å². The van der Waals surface area contributed by atoms with Crippen LogP contribution in [0.4, 0.5) is 23.1 Å². The highest BCUT2D eigenvalue weighted by molar-refractivity contribution is 5.60. The lowest BCUT2D eigenvalue weighted by atomic mass is 9.99. The van der Waals surface area contributed by atoms with E-state index in [9.17, 15) is 0 Å². The summed E-state index contributed by atoms with van der Waals surface area (Å²) in [5.74, 6) is 2.57. The van der Waals surface area contributed by atoms with Gasteiger partial charge in [0, 0.05) is 43.8 Å². The van der Waals surface area contributed by atoms with Crippen LogP contribution in [0.25, 0.3) is 0 Å². The number of anilines is 4. The van der Waals surface area contributed by atoms with E-state index in [4.69, 9.17) is 4.98 Å². The summed E-state index contributed by atoms with van der Waals surface area (Å²) in [5.41, 5.74) is 2.35. The largest absolute Gasteiger partial charge is 0.372 e. The molecule has 0 spiro atoms. The molecule has 1 N–H and O–H groups in total. The number of hydrogen-bond donors (Lipinski definition) is 1. The van der Waals surface area contributed by atoms with Gasteiger partial charge in [-0.15, -0.1) is 0 Å². The first-order valence-corrected chi connectivity index (χ1v) is 10.5. The molecule has 1 aromatic carbocycles. The second kappa shape index (κ2) is 8.59. The third-order valence-electron chi connectivity index (χ3n) is 5.84. The van der Waals surface area contributed by atoms with Gasteiger partial charge in [0.15, 0.2) is 0 Å². The third kappa shape index (κ3) is 4.71. The van der Waals surface area contributed by atoms with Gasteiger partial charge in [0.25, 0.3) is 0 Å². The Balaban J connectivity index is 1.41. The van der Waals surface area contributed by atoms with Crippen molar-refractivity contribution in [1.82, 2.24) is 9.97 Å². The zero-order valence-electron chi connectivity index (χ0n) is 16.4. The van der Waals surface area contributed by atoms with Gasteiger partial charge in [-0.05, 0) is 61.9 Å². The van der Waals surface area contributed by atoms with Crippen molar-refractivity contribution in [2.75, 3.05) is 41.3 Å². The molecule has 2 aromatic rings. The first kappa shape index (κ1) is 18.1. The number of aromatic nitrogens is 2. The zero-order chi connectivity index (χ0) is 18.5. The van der Waals surface area contributed by atoms with Crippen molar-refractivity contribution in [3.63, 3.8) is 0 Å². The molecule has 0 atom stereocenters. The van der Waals surface area contributed by atoms with Crippen LogP contribution >= 0.6 is 0 Å². The van der Waals surface area contributed by atoms with Gasteiger partial charge < -0.3 is 15.1 Å². The average Bonchev–Trinajstić information content (AvgIpc) is 2.99. The molecule has 0 bridgehead atoms. The highest BCUT2D eigenvalue weighted by Crippen LogP contribution is 2.25. The number of hydrogen-bond acceptors (Lipinski definition) is 5. The van der Waals surface area contributed by atoms with Crippen LogP contribution in [0.3, 0.4) is 0 Å². The molecule has 144 valence electrons. The molecule has 2 saturated heterocycles. The highest BCUT2D eigenvalue weighted by Gasteiger charge is 2.16. The second-order valence-electron chi connectivity index (χ2n) is 7.98. The average molecular weight is 366 g/mol. The van der Waals surface area contributed by atoms with E-state index in [1.165, 1.54) is 44.2 Å². The molecule has 2 aliphatic rings. The van der Waals surface area contributed by atoms with Gasteiger partial charge in [-0.25, -0.2) is 4.98 Å². The maximum atomic E-state index is 4.75. The van der Waals surface area contributed by atoms with E-state index in [1.807, 2.05) is 12.3 Å². The van der Waals surface area contributed by atoms with E-state index in [1.54, 1.807) is 0 Å². The minimum Gasteiger partial charge on any atom is -0.372 e. The summed E-state index contributed by atoms with van der Waals surface area (Å²) in [4.78, 5) is 14.0. The molecule has 5 heteroatoms. The lowest BCUT2D eigenvalue weighted by molar-refractivity contribution is 0.438. The van der Waals surface area contributed by atoms with Crippen LogP contribution in [0.1, 0.15) is 45.4 Å². The summed E-state index contributed by atoms with van der Waals surface area (Å²) >= 11 is 0. The SMILES string of the molecule is CC1CCN(c2ccc(Nc3nccc(N4CCCCCC4)n3)cc2)CC1. The fourth-order valence-corrected chi connectivity index (χ4v) is 4.04. The Hall–Kier alpha value is -2.30. The topological polar surface area (TPSA) is 44.3 Å². The van der Waals surface area contributed by atoms with Gasteiger partial charge in [-0.1, -0.05) is 19.8 Å². The highest BCUT2D eigenvalue weighted by atomic mass is 15.2. The van der Waals surface area contributed by atoms with Crippen molar-refractivity contribution >= 4 is 23.1 Å². The normalized spacial score (nSPS) is 19.0. The molecule has 0 amide bonds. The summed E-state index contributed by atoms with van der Waals surface area (Å²) in [6.45, 7) is 6.87. The lowest BCUT2D eigenvalue weighted by Crippen LogP contribution is -2.32. The van der Waals surface area contributed by atoms with E-state index < -0.39 is 0 Å². The van der Waals surface area contributed by atoms with Crippen LogP contribution in [-0.2, 0) is 0 Å². The molecule has 3 heterocycles. The van der Waals surface area contributed by atoms with Gasteiger partial charge >= 0.3 is 0 Å². The summed E-state index contributed by atoms with van der Waals surface area (Å²) in [7, 11) is 0. The first-order valence-electron chi connectivity index (χ1n) is 10.5. The summed E-state index contributed by atoms with van der Waals surface area (Å²) in [5, 5.41) is 3.37. The maximum Gasteiger partial charge on any atom is 0.229 e. The Morgan fingerprint density at radius 2 is 1.56 bits per heavy atom. The van der Waals surface area contributed by atoms with E-state index >= 15 is 0 Å². The Morgan fingerprint density at radius 1 is 0.852 bits per heavy atom. The van der Waals surface area contributed by atoms with Gasteiger partial charge in [0.1, 0.15) is 5.82 Å². The minimum absolute atomic E-state index is 0.677. The van der Waals surface area contributed by atoms with Gasteiger partial charge in [-0.3, -0.25) is 0 Å². The molecular weight excluding hydrogens is 334 g/mol. The van der Waals surface area contributed by atoms with Crippen molar-refractivity contribution in [2.45, 2.75) is 45.4 Å². The number of nitrogens with one attached hydrogen (secondary N) is 1. The first-order chi connectivity index (χ1) is 13.3. The second-order valence-corrected chi connectivity index (χ2v) is 7.98. The fourth-order valence-electron chi connectivity index (χ4n) is 4.04. The Labute approximate surface area is 162 Å². The van der Waals surface area contributed by atoms with E-state index in [-0.39, 0.29) is 0 Å². The summed E-state index contributed by atoms with van der Waals surface area (Å²) < 4.78 is 0. The van der Waals surface area contributed by atoms with E-state index in [2.05, 4.69) is 51.3 Å². The summed E-state index contributed by atoms with van der Waals surface area (Å²) in [6, 6.07) is 10.7. The molecular formula is C22H31N5. The molecule has 1 aromatic heterocycles. The maximum absolute atomic E-state index is 4.75. The smallest absolute Gasteiger partial charge is 0.229 e. The predicted octanol–water partition coefficient (Wildman–Crippen LogP) is 4.84. The number of benzene rings is 1. The quantitative estimate of drug-likeness (QED) is 0.840. The van der Waals surface area contributed by atoms with Crippen molar-refractivity contribution in [2.24, 2.45) is 5.92 Å². The Bertz CT molecular complexity index is 714. The van der Waals surface area contributed by atoms with Crippen LogP contribution in [-0.4, -0.2) is 36.1 Å². The van der Waals surface area contributed by atoms with Crippen molar-refractivity contribution < 1.29 is 0 Å². The van der Waals surface area contributed by atoms with Gasteiger partial charge in [-0.2, -0.15) is 4.98 Å². The third-order valence-corrected chi connectivity index (χ3v) is 5.84. The number of piperidine rings is 1. The molecule has 0 aliphatic carbocycles. The molecule has 0 radical (unpaired) electrons. The van der Waals surface area contributed by atoms with Crippen molar-refractivity contribution in [1.29, 1.82) is 0 Å². The van der Waals surface area contributed by atoms with Gasteiger partial charge in [0.2, 0.25) is 5.95 Å². The Kier molecular flexibility index (Phi) is 5.75. The monoisotopic (exact) mass is 365 g/mol. The molecule has 27 heavy (non-hydrogen) atoms. The number of nitrogens with zero attached hydrogens (tertiary/aromatic N) is 4. The Morgan fingerprint density at radius 3 is 2.26 bits per heavy atom. The lowest BCUT2D eigenvalue weighted by Gasteiger charge is -2.32. The van der Waals surface area contributed by atoms with Crippen LogP contribution in [0.2, 0.25) is 0 Å². The molecule has 2 aliphatic heterocycles. The number of rotatable bonds is 4. The molecule has 2 fully saturated rings. The van der Waals surface area contributed by atoms with Gasteiger partial charge in [0.05, 0.1) is 0 Å². The molecule has 0 saturated carbocycles. The van der Waals surface area contributed by atoms with E-state index in [0.29, 0.717) is 5.95 Å². The zero-order valence-corrected chi connectivity index (χ0v) is 16.4. The van der Waals surface area contributed by atoms with Crippen LogP contribution in [0.15, 0.2) is 36.5 Å².